The number of rotatable bonds is 10. The van der Waals surface area contributed by atoms with Gasteiger partial charge in [0.1, 0.15) is 0 Å². The van der Waals surface area contributed by atoms with Crippen molar-refractivity contribution in [2.24, 2.45) is 10.8 Å². The van der Waals surface area contributed by atoms with E-state index in [1.807, 2.05) is 0 Å². The molecule has 0 aromatic rings. The van der Waals surface area contributed by atoms with Crippen LogP contribution in [0.3, 0.4) is 0 Å². The minimum Gasteiger partial charge on any atom is -0.550 e. The van der Waals surface area contributed by atoms with Gasteiger partial charge in [-0.3, -0.25) is 0 Å². The minimum absolute atomic E-state index is 0. The van der Waals surface area contributed by atoms with Crippen LogP contribution >= 0.6 is 0 Å². The summed E-state index contributed by atoms with van der Waals surface area (Å²) >= 11 is 0. The zero-order valence-corrected chi connectivity index (χ0v) is 18.5. The van der Waals surface area contributed by atoms with Crippen LogP contribution < -0.4 is 10.2 Å². The van der Waals surface area contributed by atoms with E-state index in [1.165, 1.54) is 12.8 Å². The fourth-order valence-corrected chi connectivity index (χ4v) is 2.20. The van der Waals surface area contributed by atoms with Crippen LogP contribution in [0.4, 0.5) is 0 Å². The molecule has 0 amide bonds. The van der Waals surface area contributed by atoms with Crippen molar-refractivity contribution in [3.63, 3.8) is 0 Å². The molecular formula is C20H38BCuO4. The maximum absolute atomic E-state index is 10.0. The third-order valence-corrected chi connectivity index (χ3v) is 3.62. The van der Waals surface area contributed by atoms with Crippen LogP contribution in [0.25, 0.3) is 0 Å². The second-order valence-corrected chi connectivity index (χ2v) is 8.99. The maximum Gasteiger partial charge on any atom is 2.00 e. The summed E-state index contributed by atoms with van der Waals surface area (Å²) in [6.45, 7) is 13.2. The molecule has 0 unspecified atom stereocenters. The maximum atomic E-state index is 10.0. The Morgan fingerprint density at radius 1 is 0.615 bits per heavy atom. The molecule has 0 N–H and O–H groups in total. The van der Waals surface area contributed by atoms with Gasteiger partial charge in [-0.05, 0) is 49.4 Å². The number of carbonyl (C=O) groups excluding carboxylic acids is 2. The Labute approximate surface area is 174 Å². The van der Waals surface area contributed by atoms with Crippen LogP contribution in [0.5, 0.6) is 0 Å². The monoisotopic (exact) mass is 416 g/mol. The summed E-state index contributed by atoms with van der Waals surface area (Å²) in [6.07, 6.45) is 8.54. The van der Waals surface area contributed by atoms with Crippen molar-refractivity contribution >= 4 is 20.4 Å². The SMILES string of the molecule is CC(C)(C)CCCCCC(=O)[O-].CC(C)(C)CCCCCC(=O)[O-].[B].[Cu+2]. The zero-order chi connectivity index (χ0) is 19.2. The smallest absolute Gasteiger partial charge is 0.550 e. The molecule has 4 nitrogen and oxygen atoms in total. The molecular weight excluding hydrogens is 379 g/mol. The number of carbonyl (C=O) groups is 2. The van der Waals surface area contributed by atoms with Crippen LogP contribution in [0.1, 0.15) is 106 Å². The molecule has 4 radical (unpaired) electrons. The fourth-order valence-electron chi connectivity index (χ4n) is 2.20. The van der Waals surface area contributed by atoms with Crippen molar-refractivity contribution in [1.82, 2.24) is 0 Å². The first kappa shape index (κ1) is 33.1. The fraction of sp³-hybridized carbons (Fsp3) is 0.900. The number of aliphatic carboxylic acids is 2. The van der Waals surface area contributed by atoms with E-state index in [1.54, 1.807) is 0 Å². The Morgan fingerprint density at radius 2 is 0.885 bits per heavy atom. The summed E-state index contributed by atoms with van der Waals surface area (Å²) in [6, 6.07) is 0. The van der Waals surface area contributed by atoms with Gasteiger partial charge in [-0.15, -0.1) is 0 Å². The molecule has 0 aromatic carbocycles. The second kappa shape index (κ2) is 17.9. The largest absolute Gasteiger partial charge is 2.00 e. The van der Waals surface area contributed by atoms with Crippen LogP contribution in [0.2, 0.25) is 0 Å². The normalized spacial score (nSPS) is 10.7. The van der Waals surface area contributed by atoms with Crippen LogP contribution in [0, 0.1) is 10.8 Å². The molecule has 0 aliphatic carbocycles. The third kappa shape index (κ3) is 38.9. The van der Waals surface area contributed by atoms with Crippen molar-refractivity contribution in [2.75, 3.05) is 0 Å². The van der Waals surface area contributed by atoms with E-state index in [0.29, 0.717) is 10.8 Å². The van der Waals surface area contributed by atoms with Gasteiger partial charge in [0.2, 0.25) is 0 Å². The van der Waals surface area contributed by atoms with Crippen LogP contribution in [-0.4, -0.2) is 20.4 Å². The van der Waals surface area contributed by atoms with Gasteiger partial charge >= 0.3 is 17.1 Å². The number of unbranched alkanes of at least 4 members (excludes halogenated alkanes) is 4. The van der Waals surface area contributed by atoms with E-state index in [0.717, 1.165) is 38.5 Å². The summed E-state index contributed by atoms with van der Waals surface area (Å²) in [5.41, 5.74) is 0.753. The molecule has 6 heteroatoms. The van der Waals surface area contributed by atoms with E-state index in [2.05, 4.69) is 41.5 Å². The van der Waals surface area contributed by atoms with E-state index >= 15 is 0 Å². The summed E-state index contributed by atoms with van der Waals surface area (Å²) in [5.74, 6) is -1.85. The molecule has 0 atom stereocenters. The Morgan fingerprint density at radius 3 is 1.08 bits per heavy atom. The number of hydrogen-bond acceptors (Lipinski definition) is 4. The van der Waals surface area contributed by atoms with Crippen molar-refractivity contribution in [1.29, 1.82) is 0 Å². The van der Waals surface area contributed by atoms with Crippen molar-refractivity contribution in [2.45, 2.75) is 106 Å². The third-order valence-electron chi connectivity index (χ3n) is 3.62. The first-order chi connectivity index (χ1) is 10.8. The molecule has 0 heterocycles. The second-order valence-electron chi connectivity index (χ2n) is 8.99. The molecule has 156 valence electrons. The average Bonchev–Trinajstić information content (AvgIpc) is 2.35. The van der Waals surface area contributed by atoms with Gasteiger partial charge in [-0.1, -0.05) is 67.2 Å². The summed E-state index contributed by atoms with van der Waals surface area (Å²) in [7, 11) is 0. The topological polar surface area (TPSA) is 80.3 Å². The van der Waals surface area contributed by atoms with Crippen molar-refractivity contribution in [3.8, 4) is 0 Å². The van der Waals surface area contributed by atoms with Gasteiger partial charge in [-0.2, -0.15) is 0 Å². The zero-order valence-electron chi connectivity index (χ0n) is 17.6. The molecule has 0 aromatic heterocycles. The van der Waals surface area contributed by atoms with Gasteiger partial charge in [-0.25, -0.2) is 0 Å². The molecule has 0 fully saturated rings. The first-order valence-electron chi connectivity index (χ1n) is 9.23. The molecule has 0 saturated heterocycles. The van der Waals surface area contributed by atoms with Gasteiger partial charge in [0.15, 0.2) is 0 Å². The summed E-state index contributed by atoms with van der Waals surface area (Å²) < 4.78 is 0. The number of carboxylic acid groups (broad SMARTS) is 2. The molecule has 0 rings (SSSR count). The number of hydrogen-bond donors (Lipinski definition) is 0. The first-order valence-corrected chi connectivity index (χ1v) is 9.23. The van der Waals surface area contributed by atoms with Gasteiger partial charge < -0.3 is 19.8 Å². The quantitative estimate of drug-likeness (QED) is 0.405. The van der Waals surface area contributed by atoms with Gasteiger partial charge in [0.05, 0.1) is 0 Å². The van der Waals surface area contributed by atoms with E-state index < -0.39 is 11.9 Å². The Kier molecular flexibility index (Phi) is 22.8. The van der Waals surface area contributed by atoms with E-state index in [-0.39, 0.29) is 38.3 Å². The Hall–Kier alpha value is -0.476. The molecule has 0 aliphatic rings. The van der Waals surface area contributed by atoms with Crippen LogP contribution in [-0.2, 0) is 26.7 Å². The van der Waals surface area contributed by atoms with Crippen molar-refractivity contribution in [3.05, 3.63) is 0 Å². The Bertz CT molecular complexity index is 313. The predicted octanol–water partition coefficient (Wildman–Crippen LogP) is 3.08. The molecule has 0 spiro atoms. The molecule has 0 bridgehead atoms. The molecule has 0 saturated carbocycles. The molecule has 26 heavy (non-hydrogen) atoms. The predicted molar refractivity (Wildman–Crippen MR) is 101 cm³/mol. The summed E-state index contributed by atoms with van der Waals surface area (Å²) in [4.78, 5) is 20.1. The minimum atomic E-state index is -0.925. The average molecular weight is 417 g/mol. The van der Waals surface area contributed by atoms with Crippen LogP contribution in [0.15, 0.2) is 0 Å². The van der Waals surface area contributed by atoms with E-state index in [4.69, 9.17) is 0 Å². The molecule has 0 aliphatic heterocycles. The number of carboxylic acids is 2. The standard InChI is InChI=1S/2C10H20O2.B.Cu/c2*1-10(2,3)8-6-4-5-7-9(11)12;;/h2*4-8H2,1-3H3,(H,11,12);;/q;;;+2/p-2. The Balaban J connectivity index is -0.000000173. The summed E-state index contributed by atoms with van der Waals surface area (Å²) in [5, 5.41) is 20.1. The van der Waals surface area contributed by atoms with Gasteiger partial charge in [0.25, 0.3) is 0 Å². The van der Waals surface area contributed by atoms with Crippen molar-refractivity contribution < 1.29 is 36.9 Å². The van der Waals surface area contributed by atoms with Gasteiger partial charge in [0, 0.05) is 20.4 Å². The van der Waals surface area contributed by atoms with E-state index in [9.17, 15) is 19.8 Å².